The molecule has 4 heterocycles. The van der Waals surface area contributed by atoms with Crippen molar-refractivity contribution in [2.24, 2.45) is 5.92 Å². The van der Waals surface area contributed by atoms with E-state index in [2.05, 4.69) is 16.0 Å². The second-order valence-corrected chi connectivity index (χ2v) is 8.50. The molecule has 8 nitrogen and oxygen atoms in total. The summed E-state index contributed by atoms with van der Waals surface area (Å²) in [5.41, 5.74) is 2.86. The van der Waals surface area contributed by atoms with Crippen LogP contribution in [-0.2, 0) is 29.2 Å². The number of H-pyrrole nitrogens is 1. The third kappa shape index (κ3) is 4.39. The van der Waals surface area contributed by atoms with E-state index < -0.39 is 0 Å². The summed E-state index contributed by atoms with van der Waals surface area (Å²) >= 11 is 0. The van der Waals surface area contributed by atoms with Gasteiger partial charge in [-0.25, -0.2) is 0 Å². The number of aromatic nitrogens is 2. The minimum absolute atomic E-state index is 0.0491. The molecule has 30 heavy (non-hydrogen) atoms. The fraction of sp³-hybridized carbons (Fsp3) is 0.500. The third-order valence-corrected chi connectivity index (χ3v) is 6.08. The number of pyridine rings is 2. The zero-order valence-electron chi connectivity index (χ0n) is 17.5. The largest absolute Gasteiger partial charge is 0.468 e. The number of hydrogen-bond donors (Lipinski definition) is 1. The lowest BCUT2D eigenvalue weighted by Crippen LogP contribution is -2.47. The Morgan fingerprint density at radius 2 is 2.03 bits per heavy atom. The van der Waals surface area contributed by atoms with Crippen molar-refractivity contribution in [3.63, 3.8) is 0 Å². The predicted octanol–water partition coefficient (Wildman–Crippen LogP) is 0.761. The van der Waals surface area contributed by atoms with Gasteiger partial charge in [-0.15, -0.1) is 0 Å². The number of nitrogens with zero attached hydrogens (tertiary/aromatic N) is 3. The number of likely N-dealkylation sites (tertiary alicyclic amines) is 1. The van der Waals surface area contributed by atoms with Gasteiger partial charge >= 0.3 is 5.97 Å². The maximum absolute atomic E-state index is 13.1. The molecule has 1 fully saturated rings. The van der Waals surface area contributed by atoms with Crippen molar-refractivity contribution >= 4 is 5.97 Å². The molecule has 2 atom stereocenters. The number of rotatable bonds is 6. The Balaban J connectivity index is 1.49. The SMILES string of the molecule is COC(=O)CN(C)Cc1ccc2n(c1=O)C[C@H]1C[C@@H]2CN(Cc2ccc(=O)[nH]c2)C1. The van der Waals surface area contributed by atoms with Crippen LogP contribution in [0.4, 0.5) is 0 Å². The Kier molecular flexibility index (Phi) is 5.87. The van der Waals surface area contributed by atoms with Crippen LogP contribution in [0.5, 0.6) is 0 Å². The van der Waals surface area contributed by atoms with E-state index in [4.69, 9.17) is 4.74 Å². The number of hydrogen-bond acceptors (Lipinski definition) is 6. The highest BCUT2D eigenvalue weighted by Gasteiger charge is 2.34. The predicted molar refractivity (Wildman–Crippen MR) is 112 cm³/mol. The maximum atomic E-state index is 13.1. The second kappa shape index (κ2) is 8.57. The first-order valence-corrected chi connectivity index (χ1v) is 10.3. The molecule has 0 amide bonds. The van der Waals surface area contributed by atoms with Gasteiger partial charge in [-0.3, -0.25) is 24.2 Å². The molecule has 0 radical (unpaired) electrons. The van der Waals surface area contributed by atoms with Crippen LogP contribution in [0, 0.1) is 5.92 Å². The lowest BCUT2D eigenvalue weighted by molar-refractivity contribution is -0.141. The molecule has 2 aromatic rings. The topological polar surface area (TPSA) is 87.6 Å². The summed E-state index contributed by atoms with van der Waals surface area (Å²) in [4.78, 5) is 42.8. The van der Waals surface area contributed by atoms with Crippen molar-refractivity contribution < 1.29 is 9.53 Å². The molecule has 2 aliphatic rings. The summed E-state index contributed by atoms with van der Waals surface area (Å²) < 4.78 is 6.64. The number of ether oxygens (including phenoxy) is 1. The lowest BCUT2D eigenvalue weighted by atomic mass is 9.83. The number of esters is 1. The van der Waals surface area contributed by atoms with Gasteiger partial charge in [-0.05, 0) is 31.0 Å². The van der Waals surface area contributed by atoms with E-state index in [9.17, 15) is 14.4 Å². The quantitative estimate of drug-likeness (QED) is 0.705. The van der Waals surface area contributed by atoms with Crippen molar-refractivity contribution in [2.75, 3.05) is 33.8 Å². The highest BCUT2D eigenvalue weighted by molar-refractivity contribution is 5.71. The summed E-state index contributed by atoms with van der Waals surface area (Å²) in [7, 11) is 3.17. The van der Waals surface area contributed by atoms with Crippen molar-refractivity contribution in [2.45, 2.75) is 32.0 Å². The average Bonchev–Trinajstić information content (AvgIpc) is 2.72. The Morgan fingerprint density at radius 1 is 1.20 bits per heavy atom. The van der Waals surface area contributed by atoms with Gasteiger partial charge in [0.05, 0.1) is 13.7 Å². The number of carbonyl (C=O) groups is 1. The van der Waals surface area contributed by atoms with Crippen LogP contribution in [0.25, 0.3) is 0 Å². The van der Waals surface area contributed by atoms with Crippen LogP contribution in [0.2, 0.25) is 0 Å². The molecular weight excluding hydrogens is 384 g/mol. The first kappa shape index (κ1) is 20.6. The van der Waals surface area contributed by atoms with Crippen LogP contribution in [-0.4, -0.2) is 59.1 Å². The monoisotopic (exact) mass is 412 g/mol. The minimum atomic E-state index is -0.312. The maximum Gasteiger partial charge on any atom is 0.319 e. The van der Waals surface area contributed by atoms with Gasteiger partial charge in [0.2, 0.25) is 5.56 Å². The average molecular weight is 412 g/mol. The van der Waals surface area contributed by atoms with Gasteiger partial charge < -0.3 is 14.3 Å². The van der Waals surface area contributed by atoms with Crippen molar-refractivity contribution in [3.8, 4) is 0 Å². The van der Waals surface area contributed by atoms with Gasteiger partial charge in [0.15, 0.2) is 0 Å². The van der Waals surface area contributed by atoms with Gasteiger partial charge in [-0.1, -0.05) is 12.1 Å². The van der Waals surface area contributed by atoms with Crippen LogP contribution in [0.1, 0.15) is 29.2 Å². The number of carbonyl (C=O) groups excluding carboxylic acids is 1. The van der Waals surface area contributed by atoms with Crippen LogP contribution in [0.3, 0.4) is 0 Å². The van der Waals surface area contributed by atoms with E-state index in [1.165, 1.54) is 7.11 Å². The summed E-state index contributed by atoms with van der Waals surface area (Å²) in [5.74, 6) is 0.447. The standard InChI is InChI=1S/C22H28N4O4/c1-24(14-21(28)30-2)12-17-4-5-19-18-7-16(11-26(19)22(17)29)10-25(13-18)9-15-3-6-20(27)23-8-15/h3-6,8,16,18H,7,9-14H2,1-2H3,(H,23,27)/t16-,18+/m0/s1. The number of piperidine rings is 1. The van der Waals surface area contributed by atoms with Crippen LogP contribution >= 0.6 is 0 Å². The first-order valence-electron chi connectivity index (χ1n) is 10.3. The molecule has 0 spiro atoms. The van der Waals surface area contributed by atoms with Crippen molar-refractivity contribution in [1.82, 2.24) is 19.4 Å². The molecule has 0 aliphatic carbocycles. The van der Waals surface area contributed by atoms with Crippen molar-refractivity contribution in [1.29, 1.82) is 0 Å². The Hall–Kier alpha value is -2.71. The number of aromatic amines is 1. The van der Waals surface area contributed by atoms with Crippen molar-refractivity contribution in [3.05, 3.63) is 68.0 Å². The number of nitrogens with one attached hydrogen (secondary N) is 1. The zero-order chi connectivity index (χ0) is 21.3. The lowest BCUT2D eigenvalue weighted by Gasteiger charge is -2.43. The first-order chi connectivity index (χ1) is 14.4. The molecule has 160 valence electrons. The summed E-state index contributed by atoms with van der Waals surface area (Å²) in [6.07, 6.45) is 2.88. The molecule has 8 heteroatoms. The third-order valence-electron chi connectivity index (χ3n) is 6.08. The normalized spacial score (nSPS) is 20.8. The van der Waals surface area contributed by atoms with Crippen LogP contribution < -0.4 is 11.1 Å². The van der Waals surface area contributed by atoms with Gasteiger partial charge in [0.1, 0.15) is 0 Å². The highest BCUT2D eigenvalue weighted by Crippen LogP contribution is 2.35. The summed E-state index contributed by atoms with van der Waals surface area (Å²) in [6, 6.07) is 7.42. The highest BCUT2D eigenvalue weighted by atomic mass is 16.5. The number of methoxy groups -OCH3 is 1. The fourth-order valence-electron chi connectivity index (χ4n) is 4.77. The van der Waals surface area contributed by atoms with E-state index in [-0.39, 0.29) is 23.6 Å². The summed E-state index contributed by atoms with van der Waals surface area (Å²) in [6.45, 7) is 3.93. The van der Waals surface area contributed by atoms with Crippen LogP contribution in [0.15, 0.2) is 40.1 Å². The molecule has 0 unspecified atom stereocenters. The second-order valence-electron chi connectivity index (χ2n) is 8.50. The fourth-order valence-corrected chi connectivity index (χ4v) is 4.77. The molecule has 0 saturated carbocycles. The number of likely N-dealkylation sites (N-methyl/N-ethyl adjacent to an activating group) is 1. The molecule has 2 aliphatic heterocycles. The molecule has 2 bridgehead atoms. The van der Waals surface area contributed by atoms with E-state index in [1.54, 1.807) is 17.2 Å². The molecule has 0 aromatic carbocycles. The number of fused-ring (bicyclic) bond motifs is 4. The van der Waals surface area contributed by atoms with Gasteiger partial charge in [0, 0.05) is 62.2 Å². The van der Waals surface area contributed by atoms with E-state index in [0.717, 1.165) is 43.9 Å². The van der Waals surface area contributed by atoms with E-state index in [1.807, 2.05) is 23.7 Å². The van der Waals surface area contributed by atoms with Gasteiger partial charge in [-0.2, -0.15) is 0 Å². The molecule has 2 aromatic heterocycles. The zero-order valence-corrected chi connectivity index (χ0v) is 17.5. The summed E-state index contributed by atoms with van der Waals surface area (Å²) in [5, 5.41) is 0. The van der Waals surface area contributed by atoms with Gasteiger partial charge in [0.25, 0.3) is 5.56 Å². The van der Waals surface area contributed by atoms with E-state index >= 15 is 0 Å². The Bertz CT molecular complexity index is 1020. The molecular formula is C22H28N4O4. The Morgan fingerprint density at radius 3 is 2.77 bits per heavy atom. The molecule has 1 saturated heterocycles. The smallest absolute Gasteiger partial charge is 0.319 e. The van der Waals surface area contributed by atoms with E-state index in [0.29, 0.717) is 23.9 Å². The molecule has 1 N–H and O–H groups in total. The Labute approximate surface area is 175 Å². The molecule has 4 rings (SSSR count). The minimum Gasteiger partial charge on any atom is -0.468 e.